The number of rotatable bonds is 3. The predicted octanol–water partition coefficient (Wildman–Crippen LogP) is 2.27. The normalized spacial score (nSPS) is 15.4. The topological polar surface area (TPSA) is 41.3 Å². The van der Waals surface area contributed by atoms with Crippen LogP contribution in [-0.4, -0.2) is 23.6 Å². The van der Waals surface area contributed by atoms with Gasteiger partial charge >= 0.3 is 0 Å². The van der Waals surface area contributed by atoms with E-state index in [1.807, 2.05) is 7.05 Å². The highest BCUT2D eigenvalue weighted by Gasteiger charge is 2.23. The zero-order chi connectivity index (χ0) is 12.4. The van der Waals surface area contributed by atoms with E-state index in [4.69, 9.17) is 4.52 Å². The van der Waals surface area contributed by atoms with Gasteiger partial charge in [0.1, 0.15) is 0 Å². The highest BCUT2D eigenvalue weighted by Crippen LogP contribution is 2.26. The average Bonchev–Trinajstić information content (AvgIpc) is 2.82. The Labute approximate surface area is 107 Å². The van der Waals surface area contributed by atoms with Crippen LogP contribution in [-0.2, 0) is 19.5 Å². The smallest absolute Gasteiger partial charge is 0.229 e. The molecule has 0 radical (unpaired) electrons. The minimum atomic E-state index is 0.808. The standard InChI is InChI=1S/C14H17N3O/c1-15-14-12-10-17(8-7-13(12)16-18-14)9-11-5-3-2-4-6-11/h2-6,15H,7-10H2,1H3. The zero-order valence-corrected chi connectivity index (χ0v) is 10.5. The first-order valence-corrected chi connectivity index (χ1v) is 6.28. The molecule has 94 valence electrons. The highest BCUT2D eigenvalue weighted by atomic mass is 16.5. The molecule has 0 atom stereocenters. The Morgan fingerprint density at radius 2 is 2.17 bits per heavy atom. The molecule has 1 N–H and O–H groups in total. The summed E-state index contributed by atoms with van der Waals surface area (Å²) < 4.78 is 5.28. The van der Waals surface area contributed by atoms with Gasteiger partial charge in [-0.3, -0.25) is 4.90 Å². The lowest BCUT2D eigenvalue weighted by molar-refractivity contribution is 0.245. The molecule has 4 nitrogen and oxygen atoms in total. The van der Waals surface area contributed by atoms with Crippen molar-refractivity contribution in [3.63, 3.8) is 0 Å². The van der Waals surface area contributed by atoms with Gasteiger partial charge in [-0.25, -0.2) is 0 Å². The van der Waals surface area contributed by atoms with Crippen LogP contribution in [0.15, 0.2) is 34.9 Å². The monoisotopic (exact) mass is 243 g/mol. The van der Waals surface area contributed by atoms with E-state index in [0.29, 0.717) is 0 Å². The molecule has 0 saturated heterocycles. The number of fused-ring (bicyclic) bond motifs is 1. The van der Waals surface area contributed by atoms with Crippen molar-refractivity contribution in [1.82, 2.24) is 10.1 Å². The van der Waals surface area contributed by atoms with E-state index >= 15 is 0 Å². The second-order valence-corrected chi connectivity index (χ2v) is 4.63. The zero-order valence-electron chi connectivity index (χ0n) is 10.5. The van der Waals surface area contributed by atoms with Gasteiger partial charge in [-0.15, -0.1) is 0 Å². The van der Waals surface area contributed by atoms with E-state index in [-0.39, 0.29) is 0 Å². The van der Waals surface area contributed by atoms with Crippen molar-refractivity contribution in [2.45, 2.75) is 19.5 Å². The van der Waals surface area contributed by atoms with Gasteiger partial charge in [-0.2, -0.15) is 0 Å². The molecule has 0 spiro atoms. The molecule has 1 aliphatic heterocycles. The molecule has 1 aromatic carbocycles. The Kier molecular flexibility index (Phi) is 3.02. The van der Waals surface area contributed by atoms with Gasteiger partial charge in [0.15, 0.2) is 0 Å². The lowest BCUT2D eigenvalue weighted by atomic mass is 10.1. The third-order valence-electron chi connectivity index (χ3n) is 3.39. The van der Waals surface area contributed by atoms with Crippen molar-refractivity contribution in [2.24, 2.45) is 0 Å². The molecule has 3 rings (SSSR count). The molecule has 0 saturated carbocycles. The summed E-state index contributed by atoms with van der Waals surface area (Å²) in [5.74, 6) is 0.808. The van der Waals surface area contributed by atoms with Crippen LogP contribution in [0.3, 0.4) is 0 Å². The first-order valence-electron chi connectivity index (χ1n) is 6.28. The molecular formula is C14H17N3O. The van der Waals surface area contributed by atoms with E-state index in [2.05, 4.69) is 45.7 Å². The van der Waals surface area contributed by atoms with Crippen molar-refractivity contribution >= 4 is 5.88 Å². The summed E-state index contributed by atoms with van der Waals surface area (Å²) >= 11 is 0. The van der Waals surface area contributed by atoms with E-state index in [1.165, 1.54) is 11.1 Å². The van der Waals surface area contributed by atoms with Crippen LogP contribution in [0.5, 0.6) is 0 Å². The van der Waals surface area contributed by atoms with E-state index in [1.54, 1.807) is 0 Å². The van der Waals surface area contributed by atoms with Crippen LogP contribution in [0.2, 0.25) is 0 Å². The van der Waals surface area contributed by atoms with Gasteiger partial charge in [0.25, 0.3) is 0 Å². The Balaban J connectivity index is 1.74. The molecule has 0 amide bonds. The maximum atomic E-state index is 5.28. The SMILES string of the molecule is CNc1onc2c1CN(Cc1ccccc1)CC2. The molecule has 0 unspecified atom stereocenters. The van der Waals surface area contributed by atoms with Gasteiger partial charge in [0, 0.05) is 33.1 Å². The second-order valence-electron chi connectivity index (χ2n) is 4.63. The Morgan fingerprint density at radius 1 is 1.33 bits per heavy atom. The van der Waals surface area contributed by atoms with Gasteiger partial charge < -0.3 is 9.84 Å². The first-order chi connectivity index (χ1) is 8.86. The molecule has 0 bridgehead atoms. The van der Waals surface area contributed by atoms with Gasteiger partial charge in [-0.1, -0.05) is 35.5 Å². The summed E-state index contributed by atoms with van der Waals surface area (Å²) in [4.78, 5) is 2.43. The third-order valence-corrected chi connectivity index (χ3v) is 3.39. The molecule has 0 fully saturated rings. The number of aromatic nitrogens is 1. The number of benzene rings is 1. The van der Waals surface area contributed by atoms with Crippen molar-refractivity contribution in [3.8, 4) is 0 Å². The number of anilines is 1. The fraction of sp³-hybridized carbons (Fsp3) is 0.357. The van der Waals surface area contributed by atoms with Crippen LogP contribution in [0.25, 0.3) is 0 Å². The van der Waals surface area contributed by atoms with E-state index in [0.717, 1.165) is 37.6 Å². The molecule has 2 heterocycles. The minimum Gasteiger partial charge on any atom is -0.357 e. The van der Waals surface area contributed by atoms with Crippen molar-refractivity contribution in [2.75, 3.05) is 18.9 Å². The predicted molar refractivity (Wildman–Crippen MR) is 70.3 cm³/mol. The molecule has 2 aromatic rings. The van der Waals surface area contributed by atoms with E-state index < -0.39 is 0 Å². The molecule has 18 heavy (non-hydrogen) atoms. The Hall–Kier alpha value is -1.81. The molecule has 0 aliphatic carbocycles. The molecule has 1 aliphatic rings. The minimum absolute atomic E-state index is 0.808. The Bertz CT molecular complexity index is 508. The third kappa shape index (κ3) is 2.11. The Morgan fingerprint density at radius 3 is 2.94 bits per heavy atom. The van der Waals surface area contributed by atoms with Crippen molar-refractivity contribution in [3.05, 3.63) is 47.2 Å². The van der Waals surface area contributed by atoms with Crippen LogP contribution in [0.4, 0.5) is 5.88 Å². The van der Waals surface area contributed by atoms with Gasteiger partial charge in [0.05, 0.1) is 11.3 Å². The highest BCUT2D eigenvalue weighted by molar-refractivity contribution is 5.44. The maximum absolute atomic E-state index is 5.28. The molecular weight excluding hydrogens is 226 g/mol. The molecule has 1 aromatic heterocycles. The quantitative estimate of drug-likeness (QED) is 0.898. The van der Waals surface area contributed by atoms with E-state index in [9.17, 15) is 0 Å². The number of hydrogen-bond acceptors (Lipinski definition) is 4. The summed E-state index contributed by atoms with van der Waals surface area (Å²) in [5, 5.41) is 7.17. The first kappa shape index (κ1) is 11.3. The van der Waals surface area contributed by atoms with Crippen LogP contribution in [0.1, 0.15) is 16.8 Å². The van der Waals surface area contributed by atoms with Crippen LogP contribution in [0, 0.1) is 0 Å². The van der Waals surface area contributed by atoms with Gasteiger partial charge in [-0.05, 0) is 5.56 Å². The van der Waals surface area contributed by atoms with Crippen molar-refractivity contribution < 1.29 is 4.52 Å². The number of nitrogens with one attached hydrogen (secondary N) is 1. The lowest BCUT2D eigenvalue weighted by Crippen LogP contribution is -2.30. The van der Waals surface area contributed by atoms with Gasteiger partial charge in [0.2, 0.25) is 5.88 Å². The maximum Gasteiger partial charge on any atom is 0.229 e. The fourth-order valence-corrected chi connectivity index (χ4v) is 2.44. The lowest BCUT2D eigenvalue weighted by Gasteiger charge is -2.26. The summed E-state index contributed by atoms with van der Waals surface area (Å²) in [5.41, 5.74) is 3.66. The van der Waals surface area contributed by atoms with Crippen LogP contribution < -0.4 is 5.32 Å². The summed E-state index contributed by atoms with van der Waals surface area (Å²) in [6.07, 6.45) is 0.966. The summed E-state index contributed by atoms with van der Waals surface area (Å²) in [7, 11) is 1.87. The summed E-state index contributed by atoms with van der Waals surface area (Å²) in [6, 6.07) is 10.6. The largest absolute Gasteiger partial charge is 0.357 e. The average molecular weight is 243 g/mol. The summed E-state index contributed by atoms with van der Waals surface area (Å²) in [6.45, 7) is 2.93. The fourth-order valence-electron chi connectivity index (χ4n) is 2.44. The van der Waals surface area contributed by atoms with Crippen molar-refractivity contribution in [1.29, 1.82) is 0 Å². The van der Waals surface area contributed by atoms with Crippen LogP contribution >= 0.6 is 0 Å². The number of hydrogen-bond donors (Lipinski definition) is 1. The second kappa shape index (κ2) is 4.82. The molecule has 4 heteroatoms. The number of nitrogens with zero attached hydrogens (tertiary/aromatic N) is 2.